The number of aliphatic hydroxyl groups excluding tert-OH is 1. The molecular formula is C53H44N6O8. The van der Waals surface area contributed by atoms with E-state index in [0.29, 0.717) is 33.5 Å². The van der Waals surface area contributed by atoms with Crippen LogP contribution in [0, 0.1) is 17.8 Å². The first-order valence-corrected chi connectivity index (χ1v) is 22.0. The second-order valence-corrected chi connectivity index (χ2v) is 16.7. The molecule has 2 fully saturated rings. The highest BCUT2D eigenvalue weighted by atomic mass is 16.6. The molecule has 3 N–H and O–H groups in total. The van der Waals surface area contributed by atoms with Crippen LogP contribution in [0.1, 0.15) is 64.5 Å². The molecule has 0 unspecified atom stereocenters. The number of fused-ring (bicyclic) bond motifs is 4. The van der Waals surface area contributed by atoms with E-state index in [4.69, 9.17) is 9.47 Å². The Kier molecular flexibility index (Phi) is 11.3. The van der Waals surface area contributed by atoms with Gasteiger partial charge in [-0.1, -0.05) is 132 Å². The van der Waals surface area contributed by atoms with Gasteiger partial charge in [-0.3, -0.25) is 19.3 Å². The van der Waals surface area contributed by atoms with Crippen molar-refractivity contribution in [3.63, 3.8) is 0 Å². The highest BCUT2D eigenvalue weighted by Crippen LogP contribution is 2.66. The molecule has 0 radical (unpaired) electrons. The number of carboxylic acids is 1. The number of hydrogen-bond acceptors (Lipinski definition) is 10. The maximum atomic E-state index is 16.3. The summed E-state index contributed by atoms with van der Waals surface area (Å²) in [7, 11) is 0. The first-order chi connectivity index (χ1) is 32.7. The van der Waals surface area contributed by atoms with Gasteiger partial charge in [-0.15, -0.1) is 5.10 Å². The Bertz CT molecular complexity index is 3080. The van der Waals surface area contributed by atoms with E-state index < -0.39 is 65.5 Å². The summed E-state index contributed by atoms with van der Waals surface area (Å²) >= 11 is 0. The summed E-state index contributed by atoms with van der Waals surface area (Å²) in [5.74, 6) is 1.76. The summed E-state index contributed by atoms with van der Waals surface area (Å²) in [5, 5.41) is 33.0. The van der Waals surface area contributed by atoms with Crippen LogP contribution in [0.3, 0.4) is 0 Å². The number of para-hydroxylation sites is 1. The number of morpholine rings is 1. The first-order valence-electron chi connectivity index (χ1n) is 22.0. The number of anilines is 1. The highest BCUT2D eigenvalue weighted by Gasteiger charge is 2.76. The van der Waals surface area contributed by atoms with Gasteiger partial charge in [-0.2, -0.15) is 0 Å². The topological polar surface area (TPSA) is 176 Å². The number of aromatic nitrogens is 3. The third kappa shape index (κ3) is 7.34. The lowest BCUT2D eigenvalue weighted by Crippen LogP contribution is -2.54. The summed E-state index contributed by atoms with van der Waals surface area (Å²) in [5.41, 5.74) is 2.65. The average Bonchev–Trinajstić information content (AvgIpc) is 4.00. The molecule has 14 heteroatoms. The minimum Gasteiger partial charge on any atom is -0.491 e. The molecule has 6 aromatic carbocycles. The van der Waals surface area contributed by atoms with Crippen LogP contribution in [-0.2, 0) is 31.1 Å². The van der Waals surface area contributed by atoms with Crippen LogP contribution in [0.15, 0.2) is 158 Å². The molecule has 1 aromatic heterocycles. The van der Waals surface area contributed by atoms with Crippen molar-refractivity contribution in [2.45, 2.75) is 49.2 Å². The van der Waals surface area contributed by atoms with Crippen LogP contribution >= 0.6 is 0 Å². The Morgan fingerprint density at radius 1 is 0.821 bits per heavy atom. The molecule has 3 aliphatic rings. The fourth-order valence-corrected chi connectivity index (χ4v) is 10.2. The lowest BCUT2D eigenvalue weighted by molar-refractivity contribution is -0.179. The maximum Gasteiger partial charge on any atom is 0.329 e. The summed E-state index contributed by atoms with van der Waals surface area (Å²) in [6.45, 7) is 1.64. The van der Waals surface area contributed by atoms with Gasteiger partial charge in [0, 0.05) is 5.56 Å². The minimum absolute atomic E-state index is 0.0415. The van der Waals surface area contributed by atoms with E-state index in [0.717, 1.165) is 16.0 Å². The number of urea groups is 1. The molecule has 7 atom stereocenters. The number of carboxylic acid groups (broad SMARTS) is 1. The van der Waals surface area contributed by atoms with Crippen molar-refractivity contribution in [2.75, 3.05) is 18.1 Å². The summed E-state index contributed by atoms with van der Waals surface area (Å²) < 4.78 is 14.0. The number of benzene rings is 6. The number of cyclic esters (lactones) is 1. The summed E-state index contributed by atoms with van der Waals surface area (Å²) in [6.07, 6.45) is -0.958. The van der Waals surface area contributed by atoms with Crippen LogP contribution in [-0.4, -0.2) is 73.2 Å². The number of esters is 1. The number of rotatable bonds is 10. The Balaban J connectivity index is 1.21. The van der Waals surface area contributed by atoms with Crippen LogP contribution in [0.2, 0.25) is 0 Å². The molecule has 14 nitrogen and oxygen atoms in total. The monoisotopic (exact) mass is 892 g/mol. The number of imide groups is 1. The SMILES string of the molecule is C[C@@H](NC(=O)N1C(=O)[C@@]2(c3cc(C#CCn4nnc5ccccc54)ccc31)[C@H](c1cccc(OCCO)c1)N1[C@H](c3ccccc3)[C@H](c3ccccc3)OC(=O)[C@H]1[C@@H]2C(=O)O)c1ccccc1. The molecular weight excluding hydrogens is 849 g/mol. The van der Waals surface area contributed by atoms with Crippen molar-refractivity contribution < 1.29 is 38.9 Å². The van der Waals surface area contributed by atoms with E-state index in [-0.39, 0.29) is 31.0 Å². The number of carbonyl (C=O) groups is 4. The molecule has 1 spiro atoms. The third-order valence-electron chi connectivity index (χ3n) is 13.0. The van der Waals surface area contributed by atoms with Crippen molar-refractivity contribution in [1.29, 1.82) is 0 Å². The number of ether oxygens (including phenoxy) is 2. The zero-order valence-corrected chi connectivity index (χ0v) is 36.2. The number of nitrogens with zero attached hydrogens (tertiary/aromatic N) is 5. The van der Waals surface area contributed by atoms with Crippen molar-refractivity contribution in [3.8, 4) is 17.6 Å². The zero-order valence-electron chi connectivity index (χ0n) is 36.2. The quantitative estimate of drug-likeness (QED) is 0.0946. The van der Waals surface area contributed by atoms with Crippen LogP contribution in [0.4, 0.5) is 10.5 Å². The maximum absolute atomic E-state index is 16.3. The van der Waals surface area contributed by atoms with Crippen molar-refractivity contribution >= 4 is 40.6 Å². The minimum atomic E-state index is -2.17. The fourth-order valence-electron chi connectivity index (χ4n) is 10.2. The molecule has 334 valence electrons. The van der Waals surface area contributed by atoms with Crippen LogP contribution in [0.25, 0.3) is 11.0 Å². The third-order valence-corrected chi connectivity index (χ3v) is 13.0. The number of carbonyl (C=O) groups excluding carboxylic acids is 3. The smallest absolute Gasteiger partial charge is 0.329 e. The van der Waals surface area contributed by atoms with Gasteiger partial charge in [0.25, 0.3) is 0 Å². The van der Waals surface area contributed by atoms with Gasteiger partial charge in [0.1, 0.15) is 47.9 Å². The Hall–Kier alpha value is -8.12. The second-order valence-electron chi connectivity index (χ2n) is 16.7. The molecule has 2 saturated heterocycles. The second kappa shape index (κ2) is 17.7. The molecule has 0 bridgehead atoms. The lowest BCUT2D eigenvalue weighted by atomic mass is 9.65. The zero-order chi connectivity index (χ0) is 46.2. The molecule has 3 amide bonds. The predicted octanol–water partition coefficient (Wildman–Crippen LogP) is 7.08. The fraction of sp³-hybridized carbons (Fsp3) is 0.208. The highest BCUT2D eigenvalue weighted by molar-refractivity contribution is 6.24. The van der Waals surface area contributed by atoms with Gasteiger partial charge in [-0.05, 0) is 77.2 Å². The number of amides is 3. The van der Waals surface area contributed by atoms with E-state index in [2.05, 4.69) is 27.5 Å². The molecule has 0 aliphatic carbocycles. The molecule has 10 rings (SSSR count). The summed E-state index contributed by atoms with van der Waals surface area (Å²) in [4.78, 5) is 63.4. The van der Waals surface area contributed by atoms with E-state index in [1.807, 2.05) is 120 Å². The number of aliphatic hydroxyl groups is 1. The van der Waals surface area contributed by atoms with Gasteiger partial charge in [-0.25, -0.2) is 14.4 Å². The van der Waals surface area contributed by atoms with Crippen molar-refractivity contribution in [3.05, 3.63) is 191 Å². The molecule has 4 heterocycles. The standard InChI is InChI=1S/C53H44N6O8/c1-33(35-16-5-2-6-17-35)54-52(65)58-42-27-26-34(15-14-28-57-43-25-12-11-24-41(43)55-56-57)31-40(42)53(51(58)64)44(49(61)62)46-50(63)67-47(37-20-9-4-10-21-37)45(36-18-7-3-8-19-36)59(46)48(53)38-22-13-23-39(32-38)66-30-29-60/h2-13,16-27,31-33,44-48,60H,28-30H2,1H3,(H,54,65)(H,61,62)/t33-,44-,45-,46-,47+,48+,53-/m1/s1. The van der Waals surface area contributed by atoms with E-state index in [1.54, 1.807) is 54.1 Å². The van der Waals surface area contributed by atoms with Crippen LogP contribution in [0.5, 0.6) is 5.75 Å². The van der Waals surface area contributed by atoms with E-state index in [1.165, 1.54) is 0 Å². The molecule has 3 aliphatic heterocycles. The van der Waals surface area contributed by atoms with Crippen molar-refractivity contribution in [2.24, 2.45) is 5.92 Å². The average molecular weight is 893 g/mol. The molecule has 67 heavy (non-hydrogen) atoms. The van der Waals surface area contributed by atoms with Gasteiger partial charge < -0.3 is 25.0 Å². The Morgan fingerprint density at radius 3 is 2.24 bits per heavy atom. The van der Waals surface area contributed by atoms with Gasteiger partial charge >= 0.3 is 18.0 Å². The largest absolute Gasteiger partial charge is 0.491 e. The first kappa shape index (κ1) is 42.8. The van der Waals surface area contributed by atoms with Gasteiger partial charge in [0.15, 0.2) is 0 Å². The Morgan fingerprint density at radius 2 is 1.51 bits per heavy atom. The predicted molar refractivity (Wildman–Crippen MR) is 246 cm³/mol. The number of nitrogens with one attached hydrogen (secondary N) is 1. The molecule has 7 aromatic rings. The van der Waals surface area contributed by atoms with E-state index >= 15 is 9.59 Å². The van der Waals surface area contributed by atoms with Gasteiger partial charge in [0.05, 0.1) is 35.9 Å². The number of aliphatic carboxylic acids is 1. The Labute approximate surface area is 385 Å². The van der Waals surface area contributed by atoms with Crippen LogP contribution < -0.4 is 15.0 Å². The van der Waals surface area contributed by atoms with Crippen molar-refractivity contribution in [1.82, 2.24) is 25.2 Å². The van der Waals surface area contributed by atoms with E-state index in [9.17, 15) is 19.8 Å². The van der Waals surface area contributed by atoms with Gasteiger partial charge in [0.2, 0.25) is 5.91 Å². The lowest BCUT2D eigenvalue weighted by Gasteiger charge is -2.46. The molecule has 0 saturated carbocycles. The number of hydrogen-bond donors (Lipinski definition) is 3. The summed E-state index contributed by atoms with van der Waals surface area (Å²) in [6, 6.07) is 42.1. The normalized spacial score (nSPS) is 22.4.